The number of allylic oxidation sites excluding steroid dienone is 2. The molecule has 0 nitrogen and oxygen atoms in total. The molecular formula is C14H16F2I2. The van der Waals surface area contributed by atoms with Gasteiger partial charge in [-0.1, -0.05) is 19.9 Å². The molecule has 0 radical (unpaired) electrons. The Morgan fingerprint density at radius 3 is 2.44 bits per heavy atom. The summed E-state index contributed by atoms with van der Waals surface area (Å²) in [4.78, 5) is 0. The quantitative estimate of drug-likeness (QED) is 0.368. The molecular weight excluding hydrogens is 460 g/mol. The van der Waals surface area contributed by atoms with Gasteiger partial charge in [0.2, 0.25) is 0 Å². The van der Waals surface area contributed by atoms with E-state index in [0.29, 0.717) is 9.99 Å². The molecule has 1 unspecified atom stereocenters. The topological polar surface area (TPSA) is 0 Å². The molecule has 0 aromatic heterocycles. The molecule has 0 heterocycles. The van der Waals surface area contributed by atoms with E-state index < -0.39 is 0 Å². The summed E-state index contributed by atoms with van der Waals surface area (Å²) in [5.41, 5.74) is 0.939. The first-order chi connectivity index (χ1) is 8.36. The number of benzene rings is 1. The van der Waals surface area contributed by atoms with Crippen molar-refractivity contribution >= 4 is 45.2 Å². The van der Waals surface area contributed by atoms with Gasteiger partial charge in [-0.3, -0.25) is 0 Å². The molecule has 1 rings (SSSR count). The van der Waals surface area contributed by atoms with Crippen molar-refractivity contribution in [3.05, 3.63) is 42.6 Å². The first kappa shape index (κ1) is 16.3. The highest BCUT2D eigenvalue weighted by atomic mass is 127. The Morgan fingerprint density at radius 1 is 1.33 bits per heavy atom. The molecule has 0 bridgehead atoms. The Bertz CT molecular complexity index is 432. The first-order valence-corrected chi connectivity index (χ1v) is 7.97. The van der Waals surface area contributed by atoms with Crippen LogP contribution in [0.1, 0.15) is 38.7 Å². The predicted octanol–water partition coefficient (Wildman–Crippen LogP) is 6.04. The van der Waals surface area contributed by atoms with E-state index in [9.17, 15) is 8.78 Å². The van der Waals surface area contributed by atoms with Crippen molar-refractivity contribution in [1.82, 2.24) is 0 Å². The lowest BCUT2D eigenvalue weighted by Gasteiger charge is -2.20. The van der Waals surface area contributed by atoms with Gasteiger partial charge in [0.05, 0.1) is 9.40 Å². The van der Waals surface area contributed by atoms with Gasteiger partial charge in [0, 0.05) is 9.99 Å². The van der Waals surface area contributed by atoms with Crippen LogP contribution in [0.15, 0.2) is 24.0 Å². The summed E-state index contributed by atoms with van der Waals surface area (Å²) in [5.74, 6) is -0.00902. The largest absolute Gasteiger partial charge is 0.212 e. The molecule has 0 saturated carbocycles. The van der Waals surface area contributed by atoms with E-state index in [1.807, 2.05) is 42.5 Å². The Labute approximate surface area is 135 Å². The molecule has 4 heteroatoms. The summed E-state index contributed by atoms with van der Waals surface area (Å²) in [6.45, 7) is 5.71. The molecule has 18 heavy (non-hydrogen) atoms. The smallest absolute Gasteiger partial charge is 0.137 e. The second-order valence-electron chi connectivity index (χ2n) is 4.50. The van der Waals surface area contributed by atoms with Crippen molar-refractivity contribution in [1.29, 1.82) is 0 Å². The van der Waals surface area contributed by atoms with Crippen molar-refractivity contribution in [2.24, 2.45) is 5.92 Å². The molecule has 0 amide bonds. The van der Waals surface area contributed by atoms with Crippen LogP contribution in [-0.2, 0) is 0 Å². The van der Waals surface area contributed by atoms with Gasteiger partial charge in [-0.25, -0.2) is 8.78 Å². The monoisotopic (exact) mass is 476 g/mol. The second-order valence-corrected chi connectivity index (χ2v) is 6.75. The average Bonchev–Trinajstić information content (AvgIpc) is 2.33. The maximum Gasteiger partial charge on any atom is 0.137 e. The SMILES string of the molecule is C/C=C(/F)C[C@@H](C)C(C)c1cc(F)c(I)c(I)c1. The zero-order chi connectivity index (χ0) is 13.9. The fraction of sp³-hybridized carbons (Fsp3) is 0.429. The molecule has 0 saturated heterocycles. The van der Waals surface area contributed by atoms with E-state index in [-0.39, 0.29) is 23.5 Å². The summed E-state index contributed by atoms with van der Waals surface area (Å²) >= 11 is 4.13. The third-order valence-corrected chi connectivity index (χ3v) is 6.19. The molecule has 0 fully saturated rings. The highest BCUT2D eigenvalue weighted by Gasteiger charge is 2.18. The van der Waals surface area contributed by atoms with E-state index in [4.69, 9.17) is 0 Å². The molecule has 2 atom stereocenters. The van der Waals surface area contributed by atoms with Gasteiger partial charge in [-0.2, -0.15) is 0 Å². The minimum atomic E-state index is -0.192. The van der Waals surface area contributed by atoms with Crippen molar-refractivity contribution in [3.63, 3.8) is 0 Å². The number of hydrogen-bond donors (Lipinski definition) is 0. The number of rotatable bonds is 4. The Balaban J connectivity index is 2.93. The van der Waals surface area contributed by atoms with Gasteiger partial charge < -0.3 is 0 Å². The molecule has 0 spiro atoms. The van der Waals surface area contributed by atoms with Crippen LogP contribution in [0.2, 0.25) is 0 Å². The maximum atomic E-state index is 13.7. The maximum absolute atomic E-state index is 13.7. The van der Waals surface area contributed by atoms with Crippen LogP contribution in [0, 0.1) is 18.9 Å². The lowest BCUT2D eigenvalue weighted by atomic mass is 9.86. The minimum absolute atomic E-state index is 0.102. The minimum Gasteiger partial charge on any atom is -0.212 e. The molecule has 100 valence electrons. The number of hydrogen-bond acceptors (Lipinski definition) is 0. The van der Waals surface area contributed by atoms with Crippen LogP contribution in [0.5, 0.6) is 0 Å². The van der Waals surface area contributed by atoms with Crippen molar-refractivity contribution < 1.29 is 8.78 Å². The van der Waals surface area contributed by atoms with E-state index >= 15 is 0 Å². The third kappa shape index (κ3) is 4.15. The lowest BCUT2D eigenvalue weighted by Crippen LogP contribution is -2.08. The molecule has 1 aromatic rings. The van der Waals surface area contributed by atoms with E-state index in [2.05, 4.69) is 22.6 Å². The molecule has 0 N–H and O–H groups in total. The summed E-state index contributed by atoms with van der Waals surface area (Å²) in [6.07, 6.45) is 1.89. The van der Waals surface area contributed by atoms with Gasteiger partial charge in [-0.05, 0) is 81.6 Å². The third-order valence-electron chi connectivity index (χ3n) is 3.22. The van der Waals surface area contributed by atoms with Gasteiger partial charge >= 0.3 is 0 Å². The lowest BCUT2D eigenvalue weighted by molar-refractivity contribution is 0.432. The normalized spacial score (nSPS) is 15.6. The highest BCUT2D eigenvalue weighted by molar-refractivity contribution is 14.1. The molecule has 1 aromatic carbocycles. The zero-order valence-corrected chi connectivity index (χ0v) is 14.9. The van der Waals surface area contributed by atoms with Crippen LogP contribution >= 0.6 is 45.2 Å². The predicted molar refractivity (Wildman–Crippen MR) is 88.9 cm³/mol. The second kappa shape index (κ2) is 7.17. The fourth-order valence-corrected chi connectivity index (χ4v) is 2.70. The van der Waals surface area contributed by atoms with Crippen molar-refractivity contribution in [2.45, 2.75) is 33.1 Å². The summed E-state index contributed by atoms with van der Waals surface area (Å²) in [7, 11) is 0. The van der Waals surface area contributed by atoms with Crippen LogP contribution in [0.3, 0.4) is 0 Å². The Morgan fingerprint density at radius 2 is 1.94 bits per heavy atom. The summed E-state index contributed by atoms with van der Waals surface area (Å²) in [5, 5.41) is 0. The van der Waals surface area contributed by atoms with E-state index in [0.717, 1.165) is 9.13 Å². The summed E-state index contributed by atoms with van der Waals surface area (Å²) < 4.78 is 28.5. The standard InChI is InChI=1S/C14H16F2I2/c1-4-11(15)5-8(2)9(3)10-6-12(16)14(18)13(17)7-10/h4,6-9H,5H2,1-3H3/b11-4+/t8-,9?/m1/s1. The Hall–Kier alpha value is 0.280. The molecule has 0 aliphatic heterocycles. The first-order valence-electron chi connectivity index (χ1n) is 5.82. The Kier molecular flexibility index (Phi) is 6.50. The van der Waals surface area contributed by atoms with E-state index in [1.54, 1.807) is 13.0 Å². The zero-order valence-electron chi connectivity index (χ0n) is 10.6. The van der Waals surface area contributed by atoms with Crippen LogP contribution < -0.4 is 0 Å². The number of halogens is 4. The van der Waals surface area contributed by atoms with Gasteiger partial charge in [0.15, 0.2) is 0 Å². The fourth-order valence-electron chi connectivity index (χ4n) is 1.77. The van der Waals surface area contributed by atoms with Crippen LogP contribution in [0.25, 0.3) is 0 Å². The van der Waals surface area contributed by atoms with Crippen molar-refractivity contribution in [2.75, 3.05) is 0 Å². The van der Waals surface area contributed by atoms with Gasteiger partial charge in [-0.15, -0.1) is 0 Å². The van der Waals surface area contributed by atoms with Crippen LogP contribution in [0.4, 0.5) is 8.78 Å². The highest BCUT2D eigenvalue weighted by Crippen LogP contribution is 2.32. The van der Waals surface area contributed by atoms with Crippen LogP contribution in [-0.4, -0.2) is 0 Å². The van der Waals surface area contributed by atoms with E-state index in [1.165, 1.54) is 6.08 Å². The average molecular weight is 476 g/mol. The molecule has 0 aliphatic carbocycles. The van der Waals surface area contributed by atoms with Crippen molar-refractivity contribution in [3.8, 4) is 0 Å². The van der Waals surface area contributed by atoms with Gasteiger partial charge in [0.25, 0.3) is 0 Å². The summed E-state index contributed by atoms with van der Waals surface area (Å²) in [6, 6.07) is 3.55. The van der Waals surface area contributed by atoms with Gasteiger partial charge in [0.1, 0.15) is 5.82 Å². The molecule has 0 aliphatic rings.